The molecule has 0 radical (unpaired) electrons. The first-order valence-corrected chi connectivity index (χ1v) is 10.9. The molecular formula is C21H38IN5O2. The van der Waals surface area contributed by atoms with E-state index in [1.54, 1.807) is 0 Å². The summed E-state index contributed by atoms with van der Waals surface area (Å²) in [6, 6.07) is 2.33. The molecule has 1 unspecified atom stereocenters. The van der Waals surface area contributed by atoms with Gasteiger partial charge >= 0.3 is 0 Å². The van der Waals surface area contributed by atoms with Gasteiger partial charge in [-0.2, -0.15) is 0 Å². The van der Waals surface area contributed by atoms with Gasteiger partial charge < -0.3 is 20.1 Å². The van der Waals surface area contributed by atoms with Crippen LogP contribution in [0.2, 0.25) is 0 Å². The highest BCUT2D eigenvalue weighted by Crippen LogP contribution is 2.22. The number of aromatic nitrogens is 1. The molecule has 0 aromatic carbocycles. The molecule has 0 saturated carbocycles. The fourth-order valence-electron chi connectivity index (χ4n) is 3.79. The van der Waals surface area contributed by atoms with Gasteiger partial charge in [-0.15, -0.1) is 24.0 Å². The zero-order valence-electron chi connectivity index (χ0n) is 18.4. The van der Waals surface area contributed by atoms with E-state index in [1.807, 2.05) is 11.0 Å². The second-order valence-electron chi connectivity index (χ2n) is 7.39. The summed E-state index contributed by atoms with van der Waals surface area (Å²) in [7, 11) is 0. The number of carbonyl (C=O) groups is 1. The normalized spacial score (nSPS) is 15.6. The maximum atomic E-state index is 12.0. The average molecular weight is 519 g/mol. The van der Waals surface area contributed by atoms with Gasteiger partial charge in [0.25, 0.3) is 0 Å². The van der Waals surface area contributed by atoms with Crippen molar-refractivity contribution in [2.45, 2.75) is 84.7 Å². The molecule has 2 rings (SSSR count). The molecule has 1 aromatic heterocycles. The maximum absolute atomic E-state index is 12.0. The minimum absolute atomic E-state index is 0. The van der Waals surface area contributed by atoms with Crippen molar-refractivity contribution < 1.29 is 9.32 Å². The number of hydrogen-bond donors (Lipinski definition) is 2. The lowest BCUT2D eigenvalue weighted by atomic mass is 9.99. The molecule has 0 aliphatic carbocycles. The summed E-state index contributed by atoms with van der Waals surface area (Å²) in [6.45, 7) is 11.5. The number of nitrogens with zero attached hydrogens (tertiary/aromatic N) is 3. The van der Waals surface area contributed by atoms with Gasteiger partial charge in [0.1, 0.15) is 6.54 Å². The van der Waals surface area contributed by atoms with Crippen molar-refractivity contribution in [2.24, 2.45) is 4.99 Å². The second-order valence-corrected chi connectivity index (χ2v) is 7.39. The Balaban J connectivity index is 0.00000420. The molecule has 1 fully saturated rings. The number of aliphatic imine (C=N–C) groups is 1. The van der Waals surface area contributed by atoms with Crippen LogP contribution in [0.4, 0.5) is 0 Å². The topological polar surface area (TPSA) is 82.8 Å². The Labute approximate surface area is 192 Å². The van der Waals surface area contributed by atoms with E-state index < -0.39 is 0 Å². The Bertz CT molecular complexity index is 630. The molecule has 1 saturated heterocycles. The zero-order chi connectivity index (χ0) is 20.4. The minimum atomic E-state index is 0. The van der Waals surface area contributed by atoms with Crippen LogP contribution in [-0.4, -0.2) is 47.6 Å². The fraction of sp³-hybridized carbons (Fsp3) is 0.762. The largest absolute Gasteiger partial charge is 0.359 e. The smallest absolute Gasteiger partial charge is 0.222 e. The van der Waals surface area contributed by atoms with Gasteiger partial charge in [-0.1, -0.05) is 25.9 Å². The highest BCUT2D eigenvalue weighted by molar-refractivity contribution is 14.0. The van der Waals surface area contributed by atoms with Crippen molar-refractivity contribution in [3.05, 3.63) is 17.5 Å². The zero-order valence-corrected chi connectivity index (χ0v) is 20.7. The third-order valence-electron chi connectivity index (χ3n) is 5.51. The van der Waals surface area contributed by atoms with Gasteiger partial charge in [0.2, 0.25) is 5.91 Å². The fourth-order valence-corrected chi connectivity index (χ4v) is 3.79. The van der Waals surface area contributed by atoms with Crippen LogP contribution in [0.15, 0.2) is 15.6 Å². The van der Waals surface area contributed by atoms with Crippen LogP contribution in [0.25, 0.3) is 0 Å². The highest BCUT2D eigenvalue weighted by Gasteiger charge is 2.26. The van der Waals surface area contributed by atoms with E-state index in [1.165, 1.54) is 0 Å². The standard InChI is InChI=1S/C21H37N5O2.HI/c1-5-16(6-2)19-14-18(28-25-19)15-24-21(22-8-4)23-12-11-17(7-3)26-13-9-10-20(26)27;/h14,16-17H,5-13,15H2,1-4H3,(H2,22,23,24);1H. The number of guanidine groups is 1. The van der Waals surface area contributed by atoms with Crippen LogP contribution in [-0.2, 0) is 11.3 Å². The molecule has 1 amide bonds. The molecule has 2 heterocycles. The molecule has 166 valence electrons. The molecule has 8 heteroatoms. The third kappa shape index (κ3) is 7.79. The number of halogens is 1. The van der Waals surface area contributed by atoms with Crippen molar-refractivity contribution >= 4 is 35.8 Å². The predicted molar refractivity (Wildman–Crippen MR) is 128 cm³/mol. The molecule has 1 aliphatic rings. The Hall–Kier alpha value is -1.32. The number of rotatable bonds is 11. The first-order chi connectivity index (χ1) is 13.6. The number of amides is 1. The summed E-state index contributed by atoms with van der Waals surface area (Å²) >= 11 is 0. The number of likely N-dealkylation sites (tertiary alicyclic amines) is 1. The lowest BCUT2D eigenvalue weighted by Crippen LogP contribution is -2.42. The Morgan fingerprint density at radius 2 is 2.00 bits per heavy atom. The first kappa shape index (κ1) is 25.7. The summed E-state index contributed by atoms with van der Waals surface area (Å²) in [5.74, 6) is 2.30. The average Bonchev–Trinajstić information content (AvgIpc) is 3.34. The van der Waals surface area contributed by atoms with Gasteiger partial charge in [-0.25, -0.2) is 4.99 Å². The van der Waals surface area contributed by atoms with Gasteiger partial charge in [-0.3, -0.25) is 4.79 Å². The van der Waals surface area contributed by atoms with Crippen LogP contribution in [0, 0.1) is 0 Å². The number of carbonyl (C=O) groups excluding carboxylic acids is 1. The van der Waals surface area contributed by atoms with Crippen LogP contribution >= 0.6 is 24.0 Å². The minimum Gasteiger partial charge on any atom is -0.359 e. The summed E-state index contributed by atoms with van der Waals surface area (Å²) in [4.78, 5) is 18.6. The summed E-state index contributed by atoms with van der Waals surface area (Å²) in [6.07, 6.45) is 5.72. The van der Waals surface area contributed by atoms with Crippen LogP contribution in [0.1, 0.15) is 83.6 Å². The van der Waals surface area contributed by atoms with Crippen molar-refractivity contribution in [3.8, 4) is 0 Å². The molecule has 0 bridgehead atoms. The quantitative estimate of drug-likeness (QED) is 0.262. The monoisotopic (exact) mass is 519 g/mol. The molecule has 7 nitrogen and oxygen atoms in total. The third-order valence-corrected chi connectivity index (χ3v) is 5.51. The van der Waals surface area contributed by atoms with E-state index in [4.69, 9.17) is 4.52 Å². The molecule has 1 aliphatic heterocycles. The van der Waals surface area contributed by atoms with Gasteiger partial charge in [0.15, 0.2) is 11.7 Å². The summed E-state index contributed by atoms with van der Waals surface area (Å²) in [5.41, 5.74) is 1.02. The van der Waals surface area contributed by atoms with Crippen molar-refractivity contribution in [2.75, 3.05) is 19.6 Å². The first-order valence-electron chi connectivity index (χ1n) is 10.9. The second kappa shape index (κ2) is 13.8. The van der Waals surface area contributed by atoms with Gasteiger partial charge in [0, 0.05) is 44.1 Å². The molecule has 1 atom stereocenters. The molecule has 1 aromatic rings. The predicted octanol–water partition coefficient (Wildman–Crippen LogP) is 4.04. The Morgan fingerprint density at radius 1 is 1.24 bits per heavy atom. The van der Waals surface area contributed by atoms with Crippen LogP contribution < -0.4 is 10.6 Å². The summed E-state index contributed by atoms with van der Waals surface area (Å²) in [5, 5.41) is 10.9. The molecular weight excluding hydrogens is 481 g/mol. The van der Waals surface area contributed by atoms with Crippen LogP contribution in [0.3, 0.4) is 0 Å². The Kier molecular flexibility index (Phi) is 12.3. The van der Waals surface area contributed by atoms with E-state index in [2.05, 4.69) is 48.5 Å². The lowest BCUT2D eigenvalue weighted by molar-refractivity contribution is -0.129. The van der Waals surface area contributed by atoms with E-state index in [9.17, 15) is 4.79 Å². The summed E-state index contributed by atoms with van der Waals surface area (Å²) < 4.78 is 5.46. The van der Waals surface area contributed by atoms with E-state index in [0.29, 0.717) is 30.8 Å². The molecule has 29 heavy (non-hydrogen) atoms. The molecule has 0 spiro atoms. The van der Waals surface area contributed by atoms with E-state index in [0.717, 1.165) is 69.2 Å². The van der Waals surface area contributed by atoms with Crippen molar-refractivity contribution in [1.82, 2.24) is 20.7 Å². The number of nitrogens with one attached hydrogen (secondary N) is 2. The highest BCUT2D eigenvalue weighted by atomic mass is 127. The molecule has 2 N–H and O–H groups in total. The number of hydrogen-bond acceptors (Lipinski definition) is 4. The Morgan fingerprint density at radius 3 is 2.59 bits per heavy atom. The van der Waals surface area contributed by atoms with Gasteiger partial charge in [0.05, 0.1) is 5.69 Å². The van der Waals surface area contributed by atoms with E-state index >= 15 is 0 Å². The van der Waals surface area contributed by atoms with Crippen molar-refractivity contribution in [1.29, 1.82) is 0 Å². The van der Waals surface area contributed by atoms with Gasteiger partial charge in [-0.05, 0) is 39.0 Å². The SMILES string of the molecule is CCNC(=NCc1cc(C(CC)CC)no1)NCCC(CC)N1CCCC1=O.I. The maximum Gasteiger partial charge on any atom is 0.222 e. The van der Waals surface area contributed by atoms with Crippen LogP contribution in [0.5, 0.6) is 0 Å². The van der Waals surface area contributed by atoms with E-state index in [-0.39, 0.29) is 24.0 Å². The van der Waals surface area contributed by atoms with Crippen molar-refractivity contribution in [3.63, 3.8) is 0 Å². The lowest BCUT2D eigenvalue weighted by Gasteiger charge is -2.27.